The summed E-state index contributed by atoms with van der Waals surface area (Å²) in [6.07, 6.45) is 0. The van der Waals surface area contributed by atoms with Gasteiger partial charge in [-0.1, -0.05) is 96.0 Å². The summed E-state index contributed by atoms with van der Waals surface area (Å²) in [6, 6.07) is 31.3. The first-order valence-electron chi connectivity index (χ1n) is 8.60. The van der Waals surface area contributed by atoms with Gasteiger partial charge in [0.25, 0.3) is 0 Å². The van der Waals surface area contributed by atoms with Crippen molar-refractivity contribution in [2.75, 3.05) is 0 Å². The maximum atomic E-state index is 6.57. The topological polar surface area (TPSA) is 9.23 Å². The van der Waals surface area contributed by atoms with Crippen molar-refractivity contribution in [3.8, 4) is 33.8 Å². The standard InChI is InChI=1S/C24H16Cl2O/c25-21-14-8-7-13-19(21)20-15-16-22(26)24(27-18-11-5-2-6-12-18)23(20)17-9-3-1-4-10-17/h1-16H. The van der Waals surface area contributed by atoms with E-state index in [1.165, 1.54) is 0 Å². The molecular formula is C24H16Cl2O. The number of hydrogen-bond donors (Lipinski definition) is 0. The minimum atomic E-state index is 0.550. The van der Waals surface area contributed by atoms with Crippen LogP contribution in [-0.2, 0) is 0 Å². The van der Waals surface area contributed by atoms with E-state index in [9.17, 15) is 0 Å². The van der Waals surface area contributed by atoms with Gasteiger partial charge < -0.3 is 4.74 Å². The number of hydrogen-bond acceptors (Lipinski definition) is 1. The molecule has 0 aliphatic carbocycles. The Hall–Kier alpha value is -2.74. The van der Waals surface area contributed by atoms with Gasteiger partial charge in [0, 0.05) is 16.1 Å². The van der Waals surface area contributed by atoms with Gasteiger partial charge in [-0.05, 0) is 35.4 Å². The highest BCUT2D eigenvalue weighted by Gasteiger charge is 2.19. The quantitative estimate of drug-likeness (QED) is 0.341. The van der Waals surface area contributed by atoms with Crippen molar-refractivity contribution in [3.05, 3.63) is 107 Å². The fourth-order valence-electron chi connectivity index (χ4n) is 3.06. The fourth-order valence-corrected chi connectivity index (χ4v) is 3.49. The lowest BCUT2D eigenvalue weighted by molar-refractivity contribution is 0.485. The fraction of sp³-hybridized carbons (Fsp3) is 0. The van der Waals surface area contributed by atoms with Crippen LogP contribution in [0.15, 0.2) is 97.1 Å². The first-order valence-corrected chi connectivity index (χ1v) is 9.35. The van der Waals surface area contributed by atoms with Crippen LogP contribution < -0.4 is 4.74 Å². The summed E-state index contributed by atoms with van der Waals surface area (Å²) in [5, 5.41) is 1.23. The van der Waals surface area contributed by atoms with Crippen LogP contribution in [0.2, 0.25) is 10.0 Å². The molecule has 0 bridgehead atoms. The second kappa shape index (κ2) is 7.87. The zero-order valence-electron chi connectivity index (χ0n) is 14.4. The maximum absolute atomic E-state index is 6.57. The van der Waals surface area contributed by atoms with E-state index in [2.05, 4.69) is 0 Å². The van der Waals surface area contributed by atoms with Crippen molar-refractivity contribution in [1.29, 1.82) is 0 Å². The van der Waals surface area contributed by atoms with Crippen molar-refractivity contribution >= 4 is 23.2 Å². The van der Waals surface area contributed by atoms with Gasteiger partial charge in [0.05, 0.1) is 5.02 Å². The molecule has 0 saturated carbocycles. The highest BCUT2D eigenvalue weighted by atomic mass is 35.5. The van der Waals surface area contributed by atoms with Crippen molar-refractivity contribution < 1.29 is 4.74 Å². The Labute approximate surface area is 168 Å². The maximum Gasteiger partial charge on any atom is 0.154 e. The summed E-state index contributed by atoms with van der Waals surface area (Å²) in [5.74, 6) is 1.35. The molecule has 0 unspecified atom stereocenters. The number of ether oxygens (including phenoxy) is 1. The predicted molar refractivity (Wildman–Crippen MR) is 114 cm³/mol. The van der Waals surface area contributed by atoms with Crippen LogP contribution in [0, 0.1) is 0 Å². The second-order valence-electron chi connectivity index (χ2n) is 6.06. The minimum absolute atomic E-state index is 0.550. The van der Waals surface area contributed by atoms with Gasteiger partial charge in [0.1, 0.15) is 5.75 Å². The van der Waals surface area contributed by atoms with Crippen LogP contribution in [0.5, 0.6) is 11.5 Å². The summed E-state index contributed by atoms with van der Waals surface area (Å²) >= 11 is 13.1. The molecule has 0 atom stereocenters. The van der Waals surface area contributed by atoms with Gasteiger partial charge in [-0.2, -0.15) is 0 Å². The van der Waals surface area contributed by atoms with Crippen molar-refractivity contribution in [1.82, 2.24) is 0 Å². The van der Waals surface area contributed by atoms with E-state index in [0.717, 1.165) is 28.0 Å². The van der Waals surface area contributed by atoms with Crippen LogP contribution >= 0.6 is 23.2 Å². The van der Waals surface area contributed by atoms with Gasteiger partial charge in [0.15, 0.2) is 5.75 Å². The Balaban J connectivity index is 1.98. The van der Waals surface area contributed by atoms with Gasteiger partial charge in [-0.3, -0.25) is 0 Å². The Morgan fingerprint density at radius 3 is 1.85 bits per heavy atom. The van der Waals surface area contributed by atoms with E-state index in [-0.39, 0.29) is 0 Å². The largest absolute Gasteiger partial charge is 0.455 e. The normalized spacial score (nSPS) is 10.6. The lowest BCUT2D eigenvalue weighted by Crippen LogP contribution is -1.93. The minimum Gasteiger partial charge on any atom is -0.455 e. The zero-order chi connectivity index (χ0) is 18.6. The summed E-state index contributed by atoms with van der Waals surface area (Å²) in [7, 11) is 0. The van der Waals surface area contributed by atoms with Gasteiger partial charge in [-0.25, -0.2) is 0 Å². The Bertz CT molecular complexity index is 1060. The molecular weight excluding hydrogens is 375 g/mol. The summed E-state index contributed by atoms with van der Waals surface area (Å²) < 4.78 is 6.22. The van der Waals surface area contributed by atoms with Crippen molar-refractivity contribution in [2.45, 2.75) is 0 Å². The van der Waals surface area contributed by atoms with Gasteiger partial charge in [-0.15, -0.1) is 0 Å². The van der Waals surface area contributed by atoms with E-state index in [1.807, 2.05) is 97.1 Å². The number of rotatable bonds is 4. The second-order valence-corrected chi connectivity index (χ2v) is 6.87. The molecule has 27 heavy (non-hydrogen) atoms. The molecule has 3 heteroatoms. The van der Waals surface area contributed by atoms with E-state index in [4.69, 9.17) is 27.9 Å². The number of halogens is 2. The molecule has 4 aromatic rings. The first kappa shape index (κ1) is 17.7. The SMILES string of the molecule is Clc1ccccc1-c1ccc(Cl)c(Oc2ccccc2)c1-c1ccccc1. The average molecular weight is 391 g/mol. The molecule has 0 aliphatic heterocycles. The first-order chi connectivity index (χ1) is 13.2. The summed E-state index contributed by atoms with van der Waals surface area (Å²) in [6.45, 7) is 0. The molecule has 0 spiro atoms. The van der Waals surface area contributed by atoms with E-state index >= 15 is 0 Å². The third-order valence-electron chi connectivity index (χ3n) is 4.30. The molecule has 4 aromatic carbocycles. The van der Waals surface area contributed by atoms with Crippen LogP contribution in [0.25, 0.3) is 22.3 Å². The van der Waals surface area contributed by atoms with E-state index in [0.29, 0.717) is 15.8 Å². The van der Waals surface area contributed by atoms with Gasteiger partial charge in [0.2, 0.25) is 0 Å². The third-order valence-corrected chi connectivity index (χ3v) is 4.93. The lowest BCUT2D eigenvalue weighted by Gasteiger charge is -2.18. The van der Waals surface area contributed by atoms with Gasteiger partial charge >= 0.3 is 0 Å². The molecule has 0 heterocycles. The molecule has 0 saturated heterocycles. The van der Waals surface area contributed by atoms with Crippen LogP contribution in [0.4, 0.5) is 0 Å². The Morgan fingerprint density at radius 1 is 0.519 bits per heavy atom. The lowest BCUT2D eigenvalue weighted by atomic mass is 9.93. The van der Waals surface area contributed by atoms with Crippen LogP contribution in [0.1, 0.15) is 0 Å². The molecule has 4 rings (SSSR count). The highest BCUT2D eigenvalue weighted by molar-refractivity contribution is 6.34. The molecule has 0 aromatic heterocycles. The zero-order valence-corrected chi connectivity index (χ0v) is 15.9. The predicted octanol–water partition coefficient (Wildman–Crippen LogP) is 8.12. The molecule has 0 N–H and O–H groups in total. The van der Waals surface area contributed by atoms with Crippen LogP contribution in [0.3, 0.4) is 0 Å². The summed E-state index contributed by atoms with van der Waals surface area (Å²) in [5.41, 5.74) is 3.84. The molecule has 0 amide bonds. The molecule has 0 radical (unpaired) electrons. The third kappa shape index (κ3) is 3.71. The molecule has 0 fully saturated rings. The van der Waals surface area contributed by atoms with Crippen LogP contribution in [-0.4, -0.2) is 0 Å². The Morgan fingerprint density at radius 2 is 1.15 bits per heavy atom. The van der Waals surface area contributed by atoms with Crippen molar-refractivity contribution in [2.24, 2.45) is 0 Å². The summed E-state index contributed by atoms with van der Waals surface area (Å²) in [4.78, 5) is 0. The molecule has 0 aliphatic rings. The monoisotopic (exact) mass is 390 g/mol. The Kier molecular flexibility index (Phi) is 5.15. The highest BCUT2D eigenvalue weighted by Crippen LogP contribution is 2.46. The molecule has 1 nitrogen and oxygen atoms in total. The average Bonchev–Trinajstić information content (AvgIpc) is 2.71. The number of benzene rings is 4. The number of para-hydroxylation sites is 1. The van der Waals surface area contributed by atoms with E-state index < -0.39 is 0 Å². The molecule has 132 valence electrons. The smallest absolute Gasteiger partial charge is 0.154 e. The van der Waals surface area contributed by atoms with Crippen molar-refractivity contribution in [3.63, 3.8) is 0 Å². The van der Waals surface area contributed by atoms with E-state index in [1.54, 1.807) is 0 Å².